The molecule has 1 saturated heterocycles. The van der Waals surface area contributed by atoms with E-state index in [9.17, 15) is 0 Å². The Labute approximate surface area is 130 Å². The second-order valence-corrected chi connectivity index (χ2v) is 5.78. The Hall–Kier alpha value is -1.53. The van der Waals surface area contributed by atoms with Crippen molar-refractivity contribution in [3.05, 3.63) is 18.2 Å². The summed E-state index contributed by atoms with van der Waals surface area (Å²) in [5.41, 5.74) is 0.919. The molecule has 2 heterocycles. The van der Waals surface area contributed by atoms with Crippen molar-refractivity contribution in [1.82, 2.24) is 10.2 Å². The molecule has 1 aromatic rings. The molecule has 2 aliphatic rings. The van der Waals surface area contributed by atoms with Crippen LogP contribution in [0.3, 0.4) is 0 Å². The molecule has 3 rings (SSSR count). The Morgan fingerprint density at radius 1 is 1.29 bits per heavy atom. The summed E-state index contributed by atoms with van der Waals surface area (Å²) in [6, 6.07) is 6.21. The van der Waals surface area contributed by atoms with Gasteiger partial charge in [0.15, 0.2) is 16.6 Å². The van der Waals surface area contributed by atoms with Crippen LogP contribution in [0.2, 0.25) is 0 Å². The van der Waals surface area contributed by atoms with Gasteiger partial charge in [-0.25, -0.2) is 0 Å². The van der Waals surface area contributed by atoms with Crippen molar-refractivity contribution in [3.63, 3.8) is 0 Å². The third-order valence-electron chi connectivity index (χ3n) is 4.00. The molecule has 0 aliphatic carbocycles. The quantitative estimate of drug-likeness (QED) is 0.835. The molecule has 0 amide bonds. The minimum atomic E-state index is 0.289. The van der Waals surface area contributed by atoms with Crippen LogP contribution in [-0.2, 0) is 0 Å². The van der Waals surface area contributed by atoms with Crippen LogP contribution in [0.15, 0.2) is 18.2 Å². The second-order valence-electron chi connectivity index (χ2n) is 5.38. The standard InChI is InChI=1S/C15H21N3O2S/c1-2-18-7-5-11(6-8-18)16-15(21)17-12-3-4-13-14(9-12)20-10-19-13/h3-4,9,11H,2,5-8,10H2,1H3,(H2,16,17,21). The van der Waals surface area contributed by atoms with Crippen LogP contribution < -0.4 is 20.1 Å². The number of rotatable bonds is 3. The number of hydrogen-bond donors (Lipinski definition) is 2. The van der Waals surface area contributed by atoms with E-state index in [1.807, 2.05) is 18.2 Å². The molecule has 1 fully saturated rings. The number of piperidine rings is 1. The summed E-state index contributed by atoms with van der Waals surface area (Å²) < 4.78 is 10.7. The van der Waals surface area contributed by atoms with Crippen LogP contribution in [0.4, 0.5) is 5.69 Å². The summed E-state index contributed by atoms with van der Waals surface area (Å²) in [6.07, 6.45) is 2.27. The van der Waals surface area contributed by atoms with Crippen LogP contribution >= 0.6 is 12.2 Å². The van der Waals surface area contributed by atoms with E-state index in [1.54, 1.807) is 0 Å². The summed E-state index contributed by atoms with van der Waals surface area (Å²) >= 11 is 5.39. The maximum atomic E-state index is 5.39. The predicted molar refractivity (Wildman–Crippen MR) is 87.1 cm³/mol. The van der Waals surface area contributed by atoms with Gasteiger partial charge >= 0.3 is 0 Å². The van der Waals surface area contributed by atoms with E-state index in [-0.39, 0.29) is 6.79 Å². The van der Waals surface area contributed by atoms with Gasteiger partial charge in [0.05, 0.1) is 0 Å². The number of hydrogen-bond acceptors (Lipinski definition) is 4. The monoisotopic (exact) mass is 307 g/mol. The van der Waals surface area contributed by atoms with E-state index in [0.29, 0.717) is 11.2 Å². The number of ether oxygens (including phenoxy) is 2. The molecule has 2 aliphatic heterocycles. The fraction of sp³-hybridized carbons (Fsp3) is 0.533. The van der Waals surface area contributed by atoms with Gasteiger partial charge in [-0.2, -0.15) is 0 Å². The van der Waals surface area contributed by atoms with Gasteiger partial charge in [-0.05, 0) is 43.7 Å². The predicted octanol–water partition coefficient (Wildman–Crippen LogP) is 2.19. The molecule has 114 valence electrons. The fourth-order valence-corrected chi connectivity index (χ4v) is 3.00. The van der Waals surface area contributed by atoms with Crippen molar-refractivity contribution in [2.24, 2.45) is 0 Å². The van der Waals surface area contributed by atoms with Gasteiger partial charge in [-0.3, -0.25) is 0 Å². The zero-order valence-corrected chi connectivity index (χ0v) is 13.0. The summed E-state index contributed by atoms with van der Waals surface area (Å²) in [6.45, 7) is 5.91. The first kappa shape index (κ1) is 14.4. The van der Waals surface area contributed by atoms with Gasteiger partial charge in [0, 0.05) is 30.9 Å². The smallest absolute Gasteiger partial charge is 0.231 e. The van der Waals surface area contributed by atoms with Gasteiger partial charge in [0.2, 0.25) is 6.79 Å². The molecule has 0 unspecified atom stereocenters. The van der Waals surface area contributed by atoms with Crippen LogP contribution in [0, 0.1) is 0 Å². The molecule has 0 spiro atoms. The average molecular weight is 307 g/mol. The van der Waals surface area contributed by atoms with E-state index < -0.39 is 0 Å². The first-order valence-corrected chi connectivity index (χ1v) is 7.85. The van der Waals surface area contributed by atoms with E-state index in [1.165, 1.54) is 0 Å². The minimum Gasteiger partial charge on any atom is -0.454 e. The van der Waals surface area contributed by atoms with E-state index in [2.05, 4.69) is 22.5 Å². The van der Waals surface area contributed by atoms with Crippen molar-refractivity contribution < 1.29 is 9.47 Å². The first-order valence-electron chi connectivity index (χ1n) is 7.44. The third kappa shape index (κ3) is 3.57. The Balaban J connectivity index is 1.50. The molecule has 21 heavy (non-hydrogen) atoms. The lowest BCUT2D eigenvalue weighted by Gasteiger charge is -2.32. The number of nitrogens with zero attached hydrogens (tertiary/aromatic N) is 1. The largest absolute Gasteiger partial charge is 0.454 e. The topological polar surface area (TPSA) is 45.8 Å². The highest BCUT2D eigenvalue weighted by Crippen LogP contribution is 2.34. The maximum absolute atomic E-state index is 5.39. The van der Waals surface area contributed by atoms with Gasteiger partial charge in [0.1, 0.15) is 0 Å². The number of fused-ring (bicyclic) bond motifs is 1. The summed E-state index contributed by atoms with van der Waals surface area (Å²) in [7, 11) is 0. The normalized spacial score (nSPS) is 18.5. The molecule has 5 nitrogen and oxygen atoms in total. The van der Waals surface area contributed by atoms with Crippen LogP contribution in [-0.4, -0.2) is 42.5 Å². The lowest BCUT2D eigenvalue weighted by Crippen LogP contribution is -2.45. The molecule has 0 saturated carbocycles. The zero-order chi connectivity index (χ0) is 14.7. The first-order chi connectivity index (χ1) is 10.2. The number of benzene rings is 1. The Bertz CT molecular complexity index is 516. The minimum absolute atomic E-state index is 0.289. The molecule has 6 heteroatoms. The highest BCUT2D eigenvalue weighted by molar-refractivity contribution is 7.80. The zero-order valence-electron chi connectivity index (χ0n) is 12.2. The lowest BCUT2D eigenvalue weighted by molar-refractivity contribution is 0.174. The Morgan fingerprint density at radius 3 is 2.81 bits per heavy atom. The average Bonchev–Trinajstić information content (AvgIpc) is 2.95. The van der Waals surface area contributed by atoms with Crippen molar-refractivity contribution >= 4 is 23.0 Å². The summed E-state index contributed by atoms with van der Waals surface area (Å²) in [5, 5.41) is 7.29. The molecule has 1 aromatic carbocycles. The van der Waals surface area contributed by atoms with Crippen molar-refractivity contribution in [2.75, 3.05) is 31.7 Å². The van der Waals surface area contributed by atoms with E-state index in [4.69, 9.17) is 21.7 Å². The Kier molecular flexibility index (Phi) is 4.45. The Morgan fingerprint density at radius 2 is 2.05 bits per heavy atom. The molecule has 0 bridgehead atoms. The molecule has 0 radical (unpaired) electrons. The van der Waals surface area contributed by atoms with Crippen molar-refractivity contribution in [1.29, 1.82) is 0 Å². The lowest BCUT2D eigenvalue weighted by atomic mass is 10.1. The van der Waals surface area contributed by atoms with Crippen molar-refractivity contribution in [2.45, 2.75) is 25.8 Å². The van der Waals surface area contributed by atoms with Crippen LogP contribution in [0.25, 0.3) is 0 Å². The van der Waals surface area contributed by atoms with Gasteiger partial charge in [-0.15, -0.1) is 0 Å². The van der Waals surface area contributed by atoms with Crippen molar-refractivity contribution in [3.8, 4) is 11.5 Å². The van der Waals surface area contributed by atoms with Crippen LogP contribution in [0.1, 0.15) is 19.8 Å². The number of nitrogens with one attached hydrogen (secondary N) is 2. The van der Waals surface area contributed by atoms with E-state index in [0.717, 1.165) is 49.7 Å². The van der Waals surface area contributed by atoms with Gasteiger partial charge < -0.3 is 25.0 Å². The SMILES string of the molecule is CCN1CCC(NC(=S)Nc2ccc3c(c2)OCO3)CC1. The molecular weight excluding hydrogens is 286 g/mol. The molecule has 0 aromatic heterocycles. The second kappa shape index (κ2) is 6.49. The van der Waals surface area contributed by atoms with E-state index >= 15 is 0 Å². The third-order valence-corrected chi connectivity index (χ3v) is 4.22. The number of likely N-dealkylation sites (tertiary alicyclic amines) is 1. The highest BCUT2D eigenvalue weighted by Gasteiger charge is 2.19. The summed E-state index contributed by atoms with van der Waals surface area (Å²) in [5.74, 6) is 1.55. The van der Waals surface area contributed by atoms with Gasteiger partial charge in [-0.1, -0.05) is 6.92 Å². The summed E-state index contributed by atoms with van der Waals surface area (Å²) in [4.78, 5) is 2.46. The fourth-order valence-electron chi connectivity index (χ4n) is 2.72. The van der Waals surface area contributed by atoms with Crippen LogP contribution in [0.5, 0.6) is 11.5 Å². The molecule has 0 atom stereocenters. The van der Waals surface area contributed by atoms with Gasteiger partial charge in [0.25, 0.3) is 0 Å². The molecular formula is C15H21N3O2S. The number of thiocarbonyl (C=S) groups is 1. The maximum Gasteiger partial charge on any atom is 0.231 e. The molecule has 2 N–H and O–H groups in total. The number of anilines is 1. The highest BCUT2D eigenvalue weighted by atomic mass is 32.1.